The zero-order valence-electron chi connectivity index (χ0n) is 9.50. The molecule has 3 nitrogen and oxygen atoms in total. The van der Waals surface area contributed by atoms with Crippen molar-refractivity contribution in [2.24, 2.45) is 5.92 Å². The molecule has 0 radical (unpaired) electrons. The first-order valence-electron chi connectivity index (χ1n) is 5.82. The monoisotopic (exact) mass is 221 g/mol. The van der Waals surface area contributed by atoms with E-state index in [4.69, 9.17) is 0 Å². The van der Waals surface area contributed by atoms with E-state index in [1.807, 2.05) is 18.2 Å². The lowest BCUT2D eigenvalue weighted by atomic mass is 9.80. The zero-order chi connectivity index (χ0) is 11.5. The number of hydrogen-bond donors (Lipinski definition) is 3. The largest absolute Gasteiger partial charge is 0.390 e. The van der Waals surface area contributed by atoms with Gasteiger partial charge in [-0.1, -0.05) is 37.3 Å². The summed E-state index contributed by atoms with van der Waals surface area (Å²) < 4.78 is 0. The molecule has 0 aromatic heterocycles. The molecule has 1 fully saturated rings. The lowest BCUT2D eigenvalue weighted by Crippen LogP contribution is -2.51. The molecule has 1 aliphatic heterocycles. The summed E-state index contributed by atoms with van der Waals surface area (Å²) in [5.74, 6) is 0.324. The van der Waals surface area contributed by atoms with Crippen molar-refractivity contribution in [2.75, 3.05) is 13.1 Å². The SMILES string of the molecule is CC(c1ccccc1)[C@H]1CNC[C@@H](O)[C@@H]1O. The standard InChI is InChI=1S/C13H19NO2/c1-9(10-5-3-2-4-6-10)11-7-14-8-12(15)13(11)16/h2-6,9,11-16H,7-8H2,1H3/t9?,11-,12-,13-/m1/s1. The molecule has 16 heavy (non-hydrogen) atoms. The molecule has 1 heterocycles. The lowest BCUT2D eigenvalue weighted by molar-refractivity contribution is -0.0409. The number of β-amino-alcohol motifs (C(OH)–C–C–N with tert-alkyl or cyclic N) is 1. The average molecular weight is 221 g/mol. The maximum absolute atomic E-state index is 9.98. The third-order valence-electron chi connectivity index (χ3n) is 3.53. The fraction of sp³-hybridized carbons (Fsp3) is 0.538. The maximum atomic E-state index is 9.98. The molecule has 1 aliphatic rings. The molecule has 1 aromatic rings. The van der Waals surface area contributed by atoms with Gasteiger partial charge in [-0.2, -0.15) is 0 Å². The normalized spacial score (nSPS) is 32.3. The van der Waals surface area contributed by atoms with Crippen molar-refractivity contribution in [2.45, 2.75) is 25.0 Å². The predicted octanol–water partition coefficient (Wildman–Crippen LogP) is 0.731. The van der Waals surface area contributed by atoms with Gasteiger partial charge >= 0.3 is 0 Å². The molecule has 4 atom stereocenters. The Morgan fingerprint density at radius 3 is 2.56 bits per heavy atom. The van der Waals surface area contributed by atoms with Crippen LogP contribution in [0.15, 0.2) is 30.3 Å². The number of hydrogen-bond acceptors (Lipinski definition) is 3. The number of benzene rings is 1. The number of aliphatic hydroxyl groups excluding tert-OH is 2. The number of rotatable bonds is 2. The van der Waals surface area contributed by atoms with Crippen LogP contribution in [-0.4, -0.2) is 35.5 Å². The van der Waals surface area contributed by atoms with Gasteiger partial charge in [0.15, 0.2) is 0 Å². The van der Waals surface area contributed by atoms with Crippen LogP contribution in [0.3, 0.4) is 0 Å². The van der Waals surface area contributed by atoms with Gasteiger partial charge in [-0.3, -0.25) is 0 Å². The molecule has 3 heteroatoms. The van der Waals surface area contributed by atoms with E-state index in [9.17, 15) is 10.2 Å². The van der Waals surface area contributed by atoms with Crippen LogP contribution < -0.4 is 5.32 Å². The maximum Gasteiger partial charge on any atom is 0.0926 e. The van der Waals surface area contributed by atoms with Gasteiger partial charge in [0, 0.05) is 19.0 Å². The smallest absolute Gasteiger partial charge is 0.0926 e. The Bertz CT molecular complexity index is 328. The van der Waals surface area contributed by atoms with Crippen LogP contribution in [0.2, 0.25) is 0 Å². The Morgan fingerprint density at radius 1 is 1.19 bits per heavy atom. The van der Waals surface area contributed by atoms with Crippen molar-refractivity contribution in [1.29, 1.82) is 0 Å². The molecular weight excluding hydrogens is 202 g/mol. The fourth-order valence-electron chi connectivity index (χ4n) is 2.40. The van der Waals surface area contributed by atoms with Crippen molar-refractivity contribution in [3.8, 4) is 0 Å². The highest BCUT2D eigenvalue weighted by molar-refractivity contribution is 5.20. The molecular formula is C13H19NO2. The first-order valence-corrected chi connectivity index (χ1v) is 5.82. The third kappa shape index (κ3) is 2.26. The van der Waals surface area contributed by atoms with Crippen LogP contribution in [0.1, 0.15) is 18.4 Å². The Labute approximate surface area is 96.1 Å². The molecule has 0 amide bonds. The van der Waals surface area contributed by atoms with Crippen molar-refractivity contribution in [1.82, 2.24) is 5.32 Å². The summed E-state index contributed by atoms with van der Waals surface area (Å²) in [5.41, 5.74) is 1.21. The van der Waals surface area contributed by atoms with Gasteiger partial charge < -0.3 is 15.5 Å². The summed E-state index contributed by atoms with van der Waals surface area (Å²) in [5, 5.41) is 22.8. The van der Waals surface area contributed by atoms with E-state index in [0.29, 0.717) is 6.54 Å². The molecule has 1 unspecified atom stereocenters. The Kier molecular flexibility index (Phi) is 3.59. The number of piperidine rings is 1. The first-order chi connectivity index (χ1) is 7.70. The van der Waals surface area contributed by atoms with Crippen molar-refractivity contribution in [3.05, 3.63) is 35.9 Å². The summed E-state index contributed by atoms with van der Waals surface area (Å²) in [6, 6.07) is 10.1. The minimum absolute atomic E-state index is 0.0751. The Balaban J connectivity index is 2.12. The third-order valence-corrected chi connectivity index (χ3v) is 3.53. The van der Waals surface area contributed by atoms with E-state index in [1.54, 1.807) is 0 Å². The summed E-state index contributed by atoms with van der Waals surface area (Å²) in [6.07, 6.45) is -1.28. The summed E-state index contributed by atoms with van der Waals surface area (Å²) >= 11 is 0. The number of aliphatic hydroxyl groups is 2. The van der Waals surface area contributed by atoms with Crippen molar-refractivity contribution in [3.63, 3.8) is 0 Å². The lowest BCUT2D eigenvalue weighted by Gasteiger charge is -2.36. The molecule has 0 aliphatic carbocycles. The van der Waals surface area contributed by atoms with E-state index in [0.717, 1.165) is 6.54 Å². The fourth-order valence-corrected chi connectivity index (χ4v) is 2.40. The van der Waals surface area contributed by atoms with Crippen LogP contribution >= 0.6 is 0 Å². The molecule has 0 spiro atoms. The van der Waals surface area contributed by atoms with E-state index in [1.165, 1.54) is 5.56 Å². The second kappa shape index (κ2) is 4.95. The average Bonchev–Trinajstić information content (AvgIpc) is 2.33. The zero-order valence-corrected chi connectivity index (χ0v) is 9.50. The molecule has 1 aromatic carbocycles. The van der Waals surface area contributed by atoms with E-state index < -0.39 is 12.2 Å². The minimum atomic E-state index is -0.648. The highest BCUT2D eigenvalue weighted by atomic mass is 16.3. The van der Waals surface area contributed by atoms with Gasteiger partial charge in [-0.15, -0.1) is 0 Å². The highest BCUT2D eigenvalue weighted by Crippen LogP contribution is 2.29. The second-order valence-corrected chi connectivity index (χ2v) is 4.58. The summed E-state index contributed by atoms with van der Waals surface area (Å²) in [6.45, 7) is 3.34. The van der Waals surface area contributed by atoms with E-state index in [2.05, 4.69) is 24.4 Å². The van der Waals surface area contributed by atoms with Crippen LogP contribution in [0, 0.1) is 5.92 Å². The second-order valence-electron chi connectivity index (χ2n) is 4.58. The molecule has 3 N–H and O–H groups in total. The highest BCUT2D eigenvalue weighted by Gasteiger charge is 2.34. The molecule has 0 bridgehead atoms. The topological polar surface area (TPSA) is 52.5 Å². The van der Waals surface area contributed by atoms with Gasteiger partial charge in [-0.25, -0.2) is 0 Å². The van der Waals surface area contributed by atoms with E-state index >= 15 is 0 Å². The van der Waals surface area contributed by atoms with Gasteiger partial charge in [0.2, 0.25) is 0 Å². The van der Waals surface area contributed by atoms with Gasteiger partial charge in [0.25, 0.3) is 0 Å². The van der Waals surface area contributed by atoms with Crippen LogP contribution in [0.4, 0.5) is 0 Å². The summed E-state index contributed by atoms with van der Waals surface area (Å²) in [4.78, 5) is 0. The predicted molar refractivity (Wildman–Crippen MR) is 63.2 cm³/mol. The molecule has 0 saturated carbocycles. The molecule has 88 valence electrons. The van der Waals surface area contributed by atoms with Crippen LogP contribution in [0.25, 0.3) is 0 Å². The van der Waals surface area contributed by atoms with Gasteiger partial charge in [0.1, 0.15) is 0 Å². The van der Waals surface area contributed by atoms with Crippen molar-refractivity contribution < 1.29 is 10.2 Å². The van der Waals surface area contributed by atoms with E-state index in [-0.39, 0.29) is 11.8 Å². The minimum Gasteiger partial charge on any atom is -0.390 e. The Morgan fingerprint density at radius 2 is 1.88 bits per heavy atom. The Hall–Kier alpha value is -0.900. The first kappa shape index (κ1) is 11.6. The summed E-state index contributed by atoms with van der Waals surface area (Å²) in [7, 11) is 0. The van der Waals surface area contributed by atoms with Crippen LogP contribution in [0.5, 0.6) is 0 Å². The van der Waals surface area contributed by atoms with Crippen molar-refractivity contribution >= 4 is 0 Å². The van der Waals surface area contributed by atoms with Gasteiger partial charge in [0.05, 0.1) is 12.2 Å². The molecule has 1 saturated heterocycles. The quantitative estimate of drug-likeness (QED) is 0.690. The van der Waals surface area contributed by atoms with Gasteiger partial charge in [-0.05, 0) is 11.5 Å². The molecule has 2 rings (SSSR count). The van der Waals surface area contributed by atoms with Crippen LogP contribution in [-0.2, 0) is 0 Å². The number of nitrogens with one attached hydrogen (secondary N) is 1.